The number of carbonyl (C=O) groups is 1. The van der Waals surface area contributed by atoms with Gasteiger partial charge in [0.15, 0.2) is 0 Å². The molecule has 8 heteroatoms. The number of amides is 1. The molecule has 1 amide bonds. The molecule has 2 N–H and O–H groups in total. The van der Waals surface area contributed by atoms with Crippen molar-refractivity contribution in [3.05, 3.63) is 65.1 Å². The van der Waals surface area contributed by atoms with Crippen molar-refractivity contribution < 1.29 is 14.6 Å². The lowest BCUT2D eigenvalue weighted by molar-refractivity contribution is -0.115. The lowest BCUT2D eigenvalue weighted by Gasteiger charge is -2.43. The molecule has 2 saturated heterocycles. The van der Waals surface area contributed by atoms with Gasteiger partial charge in [-0.05, 0) is 85.6 Å². The van der Waals surface area contributed by atoms with Gasteiger partial charge in [0.1, 0.15) is 5.82 Å². The van der Waals surface area contributed by atoms with Crippen molar-refractivity contribution in [3.8, 4) is 0 Å². The van der Waals surface area contributed by atoms with E-state index >= 15 is 0 Å². The number of rotatable bonds is 5. The van der Waals surface area contributed by atoms with Crippen LogP contribution in [0.5, 0.6) is 0 Å². The number of piperidine rings is 1. The molecule has 0 saturated carbocycles. The Kier molecular flexibility index (Phi) is 6.53. The summed E-state index contributed by atoms with van der Waals surface area (Å²) >= 11 is 6.69. The van der Waals surface area contributed by atoms with E-state index in [1.54, 1.807) is 18.6 Å². The van der Waals surface area contributed by atoms with E-state index in [2.05, 4.69) is 33.2 Å². The Hall–Kier alpha value is -2.58. The van der Waals surface area contributed by atoms with Crippen molar-refractivity contribution in [2.75, 3.05) is 31.6 Å². The molecule has 5 rings (SSSR count). The Labute approximate surface area is 204 Å². The maximum absolute atomic E-state index is 12.5. The van der Waals surface area contributed by atoms with E-state index in [9.17, 15) is 9.90 Å². The first kappa shape index (κ1) is 23.2. The van der Waals surface area contributed by atoms with Gasteiger partial charge >= 0.3 is 0 Å². The number of fused-ring (bicyclic) bond motifs is 1. The van der Waals surface area contributed by atoms with Gasteiger partial charge in [0, 0.05) is 29.0 Å². The molecule has 0 spiro atoms. The first-order valence-corrected chi connectivity index (χ1v) is 12.1. The van der Waals surface area contributed by atoms with Crippen LogP contribution in [0.15, 0.2) is 48.9 Å². The quantitative estimate of drug-likeness (QED) is 0.577. The molecule has 4 heterocycles. The van der Waals surface area contributed by atoms with E-state index in [0.29, 0.717) is 24.9 Å². The van der Waals surface area contributed by atoms with Gasteiger partial charge in [-0.2, -0.15) is 0 Å². The molecule has 2 atom stereocenters. The van der Waals surface area contributed by atoms with E-state index in [-0.39, 0.29) is 17.9 Å². The van der Waals surface area contributed by atoms with E-state index in [1.807, 2.05) is 24.3 Å². The van der Waals surface area contributed by atoms with Crippen LogP contribution in [0.1, 0.15) is 36.8 Å². The Morgan fingerprint density at radius 2 is 2.00 bits per heavy atom. The first-order chi connectivity index (χ1) is 16.4. The molecular formula is C26H29ClN4O3. The molecule has 2 fully saturated rings. The maximum atomic E-state index is 12.5. The van der Waals surface area contributed by atoms with Crippen LogP contribution < -0.4 is 5.32 Å². The number of nitrogens with zero attached hydrogens (tertiary/aromatic N) is 3. The molecule has 0 bridgehead atoms. The second kappa shape index (κ2) is 9.58. The number of benzene rings is 1. The van der Waals surface area contributed by atoms with Gasteiger partial charge in [-0.1, -0.05) is 11.6 Å². The number of aromatic nitrogens is 2. The summed E-state index contributed by atoms with van der Waals surface area (Å²) in [5.74, 6) is 0.748. The minimum Gasteiger partial charge on any atom is -0.389 e. The summed E-state index contributed by atoms with van der Waals surface area (Å²) in [6, 6.07) is 9.65. The van der Waals surface area contributed by atoms with Crippen molar-refractivity contribution in [2.24, 2.45) is 0 Å². The van der Waals surface area contributed by atoms with Crippen LogP contribution >= 0.6 is 11.6 Å². The van der Waals surface area contributed by atoms with Crippen LogP contribution in [0, 0.1) is 0 Å². The van der Waals surface area contributed by atoms with Crippen LogP contribution in [0.25, 0.3) is 10.8 Å². The molecule has 3 aromatic rings. The number of carbonyl (C=O) groups excluding carboxylic acids is 1. The fraction of sp³-hybridized carbons (Fsp3) is 0.423. The minimum absolute atomic E-state index is 0.119. The predicted octanol–water partition coefficient (Wildman–Crippen LogP) is 3.79. The number of nitrogens with one attached hydrogen (secondary N) is 1. The predicted molar refractivity (Wildman–Crippen MR) is 132 cm³/mol. The highest BCUT2D eigenvalue weighted by atomic mass is 35.5. The molecule has 2 aromatic heterocycles. The highest BCUT2D eigenvalue weighted by Gasteiger charge is 2.45. The molecule has 178 valence electrons. The summed E-state index contributed by atoms with van der Waals surface area (Å²) in [6.45, 7) is 4.84. The Balaban J connectivity index is 1.30. The van der Waals surface area contributed by atoms with Crippen LogP contribution in [-0.2, 0) is 16.0 Å². The number of aliphatic hydroxyl groups excluding tert-OH is 1. The molecule has 2 aliphatic rings. The number of anilines is 1. The fourth-order valence-electron chi connectivity index (χ4n) is 5.09. The third-order valence-corrected chi connectivity index (χ3v) is 7.59. The van der Waals surface area contributed by atoms with Gasteiger partial charge in [0.2, 0.25) is 5.91 Å². The number of hydrogen-bond acceptors (Lipinski definition) is 6. The largest absolute Gasteiger partial charge is 0.389 e. The molecule has 0 aliphatic carbocycles. The zero-order valence-corrected chi connectivity index (χ0v) is 20.0. The molecule has 0 unspecified atom stereocenters. The summed E-state index contributed by atoms with van der Waals surface area (Å²) < 4.78 is 5.52. The van der Waals surface area contributed by atoms with Gasteiger partial charge in [0.05, 0.1) is 31.3 Å². The third-order valence-electron chi connectivity index (χ3n) is 7.26. The second-order valence-corrected chi connectivity index (χ2v) is 9.93. The molecule has 2 aliphatic heterocycles. The highest BCUT2D eigenvalue weighted by molar-refractivity contribution is 6.32. The van der Waals surface area contributed by atoms with Gasteiger partial charge in [-0.3, -0.25) is 14.7 Å². The lowest BCUT2D eigenvalue weighted by Crippen LogP contribution is -2.56. The minimum atomic E-state index is -0.451. The normalized spacial score (nSPS) is 23.9. The van der Waals surface area contributed by atoms with Gasteiger partial charge in [-0.25, -0.2) is 4.98 Å². The topological polar surface area (TPSA) is 87.6 Å². The maximum Gasteiger partial charge on any atom is 0.229 e. The monoisotopic (exact) mass is 480 g/mol. The highest BCUT2D eigenvalue weighted by Crippen LogP contribution is 2.38. The Bertz CT molecular complexity index is 1180. The van der Waals surface area contributed by atoms with Crippen molar-refractivity contribution in [3.63, 3.8) is 0 Å². The molecule has 0 radical (unpaired) electrons. The molecule has 34 heavy (non-hydrogen) atoms. The molecular weight excluding hydrogens is 452 g/mol. The summed E-state index contributed by atoms with van der Waals surface area (Å²) in [5, 5.41) is 16.0. The summed E-state index contributed by atoms with van der Waals surface area (Å²) in [4.78, 5) is 23.2. The molecule has 1 aromatic carbocycles. The fourth-order valence-corrected chi connectivity index (χ4v) is 5.42. The SMILES string of the molecule is C[C@@]1(N2CCC(c3cc4cc(NC(=O)Cc5ccncc5)ncc4cc3Cl)CC2)COC[C@@H]1O. The number of likely N-dealkylation sites (tertiary alicyclic amines) is 1. The smallest absolute Gasteiger partial charge is 0.229 e. The number of pyridine rings is 2. The van der Waals surface area contributed by atoms with E-state index in [1.165, 1.54) is 0 Å². The summed E-state index contributed by atoms with van der Waals surface area (Å²) in [6.07, 6.45) is 6.85. The average molecular weight is 481 g/mol. The van der Waals surface area contributed by atoms with Crippen molar-refractivity contribution >= 4 is 34.1 Å². The number of halogens is 1. The van der Waals surface area contributed by atoms with Gasteiger partial charge in [-0.15, -0.1) is 0 Å². The Morgan fingerprint density at radius 3 is 2.71 bits per heavy atom. The van der Waals surface area contributed by atoms with E-state index in [0.717, 1.165) is 52.9 Å². The lowest BCUT2D eigenvalue weighted by atomic mass is 9.85. The summed E-state index contributed by atoms with van der Waals surface area (Å²) in [5.41, 5.74) is 1.72. The zero-order chi connectivity index (χ0) is 23.7. The van der Waals surface area contributed by atoms with Crippen LogP contribution in [-0.4, -0.2) is 63.8 Å². The zero-order valence-electron chi connectivity index (χ0n) is 19.2. The van der Waals surface area contributed by atoms with Crippen molar-refractivity contribution in [1.82, 2.24) is 14.9 Å². The van der Waals surface area contributed by atoms with Crippen LogP contribution in [0.3, 0.4) is 0 Å². The average Bonchev–Trinajstić information content (AvgIpc) is 3.18. The van der Waals surface area contributed by atoms with Gasteiger partial charge in [0.25, 0.3) is 0 Å². The standard InChI is InChI=1S/C26H29ClN4O3/c1-26(16-34-15-23(26)32)31-8-4-18(5-9-31)21-11-19-13-24(29-14-20(19)12-22(21)27)30-25(33)10-17-2-6-28-7-3-17/h2-3,6-7,11-14,18,23,32H,4-5,8-10,15-16H2,1H3,(H,29,30,33)/t23-,26+/m0/s1. The van der Waals surface area contributed by atoms with Gasteiger partial charge < -0.3 is 15.2 Å². The van der Waals surface area contributed by atoms with Crippen molar-refractivity contribution in [2.45, 2.75) is 43.7 Å². The number of aliphatic hydroxyl groups is 1. The first-order valence-electron chi connectivity index (χ1n) is 11.7. The third kappa shape index (κ3) is 4.66. The van der Waals surface area contributed by atoms with Crippen molar-refractivity contribution in [1.29, 1.82) is 0 Å². The Morgan fingerprint density at radius 1 is 1.24 bits per heavy atom. The van der Waals surface area contributed by atoms with E-state index < -0.39 is 6.10 Å². The van der Waals surface area contributed by atoms with E-state index in [4.69, 9.17) is 16.3 Å². The number of ether oxygens (including phenoxy) is 1. The summed E-state index contributed by atoms with van der Waals surface area (Å²) in [7, 11) is 0. The second-order valence-electron chi connectivity index (χ2n) is 9.52. The molecule has 7 nitrogen and oxygen atoms in total. The van der Waals surface area contributed by atoms with Crippen LogP contribution in [0.2, 0.25) is 5.02 Å². The number of hydrogen-bond donors (Lipinski definition) is 2. The van der Waals surface area contributed by atoms with Crippen LogP contribution in [0.4, 0.5) is 5.82 Å².